The Balaban J connectivity index is 1.75. The molecule has 0 N–H and O–H groups in total. The first-order chi connectivity index (χ1) is 15.9. The first kappa shape index (κ1) is 17.4. The minimum Gasteiger partial charge on any atom is -0.306 e. The molecule has 5 heterocycles. The van der Waals surface area contributed by atoms with Crippen molar-refractivity contribution in [1.82, 2.24) is 19.1 Å². The standard InChI is InChI=1S/C27H19N5/c1-2-8-18(9-3-1)32-22-12-5-4-11-20(22)24-26-21(17-30-27(24)32)25-23(13-7-15-29-25)31(26)19-10-6-14-28-16-19/h1-5,7-13,15-17H,6,14H2. The molecule has 0 bridgehead atoms. The molecule has 1 aliphatic heterocycles. The van der Waals surface area contributed by atoms with Crippen molar-refractivity contribution in [3.8, 4) is 5.69 Å². The molecular formula is C27H19N5. The largest absolute Gasteiger partial charge is 0.306 e. The van der Waals surface area contributed by atoms with Gasteiger partial charge >= 0.3 is 0 Å². The number of allylic oxidation sites excluding steroid dienone is 1. The van der Waals surface area contributed by atoms with E-state index in [0.717, 1.165) is 62.8 Å². The number of fused-ring (bicyclic) bond motifs is 7. The van der Waals surface area contributed by atoms with Crippen molar-refractivity contribution in [2.45, 2.75) is 6.42 Å². The van der Waals surface area contributed by atoms with Crippen LogP contribution in [0.3, 0.4) is 0 Å². The quantitative estimate of drug-likeness (QED) is 0.350. The summed E-state index contributed by atoms with van der Waals surface area (Å²) in [6.07, 6.45) is 9.02. The summed E-state index contributed by atoms with van der Waals surface area (Å²) < 4.78 is 4.56. The lowest BCUT2D eigenvalue weighted by atomic mass is 10.1. The Bertz CT molecular complexity index is 1720. The van der Waals surface area contributed by atoms with Gasteiger partial charge in [0.15, 0.2) is 0 Å². The average molecular weight is 413 g/mol. The van der Waals surface area contributed by atoms with E-state index in [2.05, 4.69) is 74.8 Å². The van der Waals surface area contributed by atoms with Gasteiger partial charge in [0.1, 0.15) is 5.65 Å². The molecule has 0 aliphatic carbocycles. The van der Waals surface area contributed by atoms with Crippen LogP contribution < -0.4 is 0 Å². The second-order valence-electron chi connectivity index (χ2n) is 8.07. The third-order valence-electron chi connectivity index (χ3n) is 6.27. The van der Waals surface area contributed by atoms with Crippen LogP contribution in [0, 0.1) is 0 Å². The molecule has 4 aromatic heterocycles. The van der Waals surface area contributed by atoms with Crippen molar-refractivity contribution in [3.05, 3.63) is 85.2 Å². The molecule has 5 nitrogen and oxygen atoms in total. The fourth-order valence-corrected chi connectivity index (χ4v) is 4.97. The molecule has 0 unspecified atom stereocenters. The Labute approximate surface area is 184 Å². The zero-order valence-electron chi connectivity index (χ0n) is 17.3. The van der Waals surface area contributed by atoms with E-state index in [-0.39, 0.29) is 0 Å². The van der Waals surface area contributed by atoms with Crippen LogP contribution in [0.2, 0.25) is 0 Å². The molecule has 0 amide bonds. The minimum atomic E-state index is 0.836. The highest BCUT2D eigenvalue weighted by Gasteiger charge is 2.22. The van der Waals surface area contributed by atoms with Crippen molar-refractivity contribution in [3.63, 3.8) is 0 Å². The third-order valence-corrected chi connectivity index (χ3v) is 6.27. The summed E-state index contributed by atoms with van der Waals surface area (Å²) in [5.41, 5.74) is 7.46. The zero-order valence-corrected chi connectivity index (χ0v) is 17.3. The molecule has 2 aromatic carbocycles. The molecule has 0 radical (unpaired) electrons. The second kappa shape index (κ2) is 6.62. The second-order valence-corrected chi connectivity index (χ2v) is 8.07. The number of para-hydroxylation sites is 2. The summed E-state index contributed by atoms with van der Waals surface area (Å²) in [6.45, 7) is 0.836. The number of nitrogens with zero attached hydrogens (tertiary/aromatic N) is 5. The van der Waals surface area contributed by atoms with Gasteiger partial charge in [-0.2, -0.15) is 0 Å². The van der Waals surface area contributed by atoms with Crippen LogP contribution in [0.1, 0.15) is 6.42 Å². The van der Waals surface area contributed by atoms with Gasteiger partial charge in [-0.25, -0.2) is 4.98 Å². The zero-order chi connectivity index (χ0) is 21.1. The Kier molecular flexibility index (Phi) is 3.61. The van der Waals surface area contributed by atoms with E-state index in [4.69, 9.17) is 9.97 Å². The van der Waals surface area contributed by atoms with E-state index >= 15 is 0 Å². The maximum absolute atomic E-state index is 4.99. The Hall–Kier alpha value is -4.25. The molecule has 0 spiro atoms. The van der Waals surface area contributed by atoms with Crippen LogP contribution in [0.15, 0.2) is 90.2 Å². The summed E-state index contributed by atoms with van der Waals surface area (Å²) in [6, 6.07) is 23.1. The number of dihydropyridines is 1. The molecule has 5 heteroatoms. The predicted molar refractivity (Wildman–Crippen MR) is 132 cm³/mol. The molecule has 152 valence electrons. The summed E-state index contributed by atoms with van der Waals surface area (Å²) in [5, 5.41) is 3.38. The van der Waals surface area contributed by atoms with E-state index < -0.39 is 0 Å². The normalized spacial score (nSPS) is 14.1. The smallest absolute Gasteiger partial charge is 0.147 e. The van der Waals surface area contributed by atoms with E-state index in [0.29, 0.717) is 0 Å². The summed E-state index contributed by atoms with van der Waals surface area (Å²) in [5.74, 6) is 0. The van der Waals surface area contributed by atoms with Gasteiger partial charge in [-0.1, -0.05) is 42.5 Å². The molecule has 0 saturated carbocycles. The van der Waals surface area contributed by atoms with Crippen molar-refractivity contribution in [2.24, 2.45) is 4.99 Å². The van der Waals surface area contributed by atoms with Gasteiger partial charge in [0.25, 0.3) is 0 Å². The summed E-state index contributed by atoms with van der Waals surface area (Å²) in [4.78, 5) is 14.3. The number of benzene rings is 2. The number of hydrogen-bond acceptors (Lipinski definition) is 3. The Morgan fingerprint density at radius 2 is 1.59 bits per heavy atom. The number of aliphatic imine (C=N–C) groups is 1. The number of aromatic nitrogens is 4. The predicted octanol–water partition coefficient (Wildman–Crippen LogP) is 6.00. The number of pyridine rings is 2. The van der Waals surface area contributed by atoms with Crippen LogP contribution in [0.5, 0.6) is 0 Å². The van der Waals surface area contributed by atoms with Gasteiger partial charge in [-0.15, -0.1) is 0 Å². The lowest BCUT2D eigenvalue weighted by Crippen LogP contribution is -2.03. The minimum absolute atomic E-state index is 0.836. The maximum atomic E-state index is 4.99. The van der Waals surface area contributed by atoms with Gasteiger partial charge in [-0.05, 0) is 36.8 Å². The van der Waals surface area contributed by atoms with Gasteiger partial charge in [0.2, 0.25) is 0 Å². The highest BCUT2D eigenvalue weighted by molar-refractivity contribution is 6.26. The lowest BCUT2D eigenvalue weighted by molar-refractivity contribution is 0.992. The highest BCUT2D eigenvalue weighted by Crippen LogP contribution is 2.40. The van der Waals surface area contributed by atoms with E-state index in [9.17, 15) is 0 Å². The van der Waals surface area contributed by atoms with Crippen molar-refractivity contribution < 1.29 is 0 Å². The molecule has 6 aromatic rings. The molecule has 1 aliphatic rings. The highest BCUT2D eigenvalue weighted by atomic mass is 15.1. The molecule has 0 fully saturated rings. The van der Waals surface area contributed by atoms with Gasteiger partial charge in [0.05, 0.1) is 33.2 Å². The van der Waals surface area contributed by atoms with Crippen molar-refractivity contribution in [1.29, 1.82) is 0 Å². The number of rotatable bonds is 2. The third kappa shape index (κ3) is 2.30. The van der Waals surface area contributed by atoms with E-state index in [1.807, 2.05) is 30.7 Å². The monoisotopic (exact) mass is 413 g/mol. The summed E-state index contributed by atoms with van der Waals surface area (Å²) >= 11 is 0. The Morgan fingerprint density at radius 1 is 0.750 bits per heavy atom. The summed E-state index contributed by atoms with van der Waals surface area (Å²) in [7, 11) is 0. The van der Waals surface area contributed by atoms with Crippen molar-refractivity contribution in [2.75, 3.05) is 6.54 Å². The topological polar surface area (TPSA) is 48.0 Å². The fourth-order valence-electron chi connectivity index (χ4n) is 4.97. The van der Waals surface area contributed by atoms with Crippen LogP contribution in [0.25, 0.3) is 55.3 Å². The van der Waals surface area contributed by atoms with Crippen LogP contribution in [-0.4, -0.2) is 31.9 Å². The molecular weight excluding hydrogens is 394 g/mol. The Morgan fingerprint density at radius 3 is 2.47 bits per heavy atom. The molecule has 0 saturated heterocycles. The van der Waals surface area contributed by atoms with E-state index in [1.165, 1.54) is 5.39 Å². The molecule has 7 rings (SSSR count). The first-order valence-corrected chi connectivity index (χ1v) is 10.8. The van der Waals surface area contributed by atoms with E-state index in [1.54, 1.807) is 0 Å². The van der Waals surface area contributed by atoms with Gasteiger partial charge in [-0.3, -0.25) is 14.5 Å². The fraction of sp³-hybridized carbons (Fsp3) is 0.0741. The maximum Gasteiger partial charge on any atom is 0.147 e. The SMILES string of the molecule is C1=NCCC=C1n1c2cccnc2c2cnc3c(c4ccccc4n3-c3ccccc3)c21. The average Bonchev–Trinajstić information content (AvgIpc) is 3.38. The van der Waals surface area contributed by atoms with Crippen molar-refractivity contribution >= 4 is 55.8 Å². The first-order valence-electron chi connectivity index (χ1n) is 10.8. The van der Waals surface area contributed by atoms with Crippen LogP contribution >= 0.6 is 0 Å². The van der Waals surface area contributed by atoms with Gasteiger partial charge in [0, 0.05) is 41.6 Å². The lowest BCUT2D eigenvalue weighted by Gasteiger charge is -2.12. The number of hydrogen-bond donors (Lipinski definition) is 0. The van der Waals surface area contributed by atoms with Crippen LogP contribution in [0.4, 0.5) is 0 Å². The molecule has 32 heavy (non-hydrogen) atoms. The molecule has 0 atom stereocenters. The van der Waals surface area contributed by atoms with Crippen LogP contribution in [-0.2, 0) is 0 Å². The van der Waals surface area contributed by atoms with Gasteiger partial charge < -0.3 is 4.57 Å².